The second-order valence-electron chi connectivity index (χ2n) is 8.84. The van der Waals surface area contributed by atoms with Crippen molar-refractivity contribution in [2.24, 2.45) is 0 Å². The number of carbonyl (C=O) groups is 1. The first kappa shape index (κ1) is 24.3. The Morgan fingerprint density at radius 2 is 1.94 bits per heavy atom. The van der Waals surface area contributed by atoms with Crippen LogP contribution in [0.15, 0.2) is 54.6 Å². The van der Waals surface area contributed by atoms with E-state index in [9.17, 15) is 13.2 Å². The third-order valence-electron chi connectivity index (χ3n) is 6.42. The number of nitrogens with zero attached hydrogens (tertiary/aromatic N) is 3. The van der Waals surface area contributed by atoms with E-state index in [0.29, 0.717) is 45.2 Å². The van der Waals surface area contributed by atoms with Crippen LogP contribution >= 0.6 is 11.6 Å². The van der Waals surface area contributed by atoms with E-state index in [1.54, 1.807) is 23.9 Å². The fraction of sp³-hybridized carbons (Fsp3) is 0.269. The van der Waals surface area contributed by atoms with Crippen molar-refractivity contribution < 1.29 is 17.9 Å². The molecule has 1 aliphatic rings. The Hall–Kier alpha value is -3.43. The van der Waals surface area contributed by atoms with Crippen LogP contribution in [0, 0.1) is 6.92 Å². The SMILES string of the molecule is COc1ccc(-c2cc(C(=O)NCc3ccccc3Cl)c3c(C)nn(C4CCS(=O)(=O)C4)c3n2)cc1. The van der Waals surface area contributed by atoms with Gasteiger partial charge in [0.2, 0.25) is 0 Å². The van der Waals surface area contributed by atoms with Gasteiger partial charge in [0, 0.05) is 17.1 Å². The molecule has 1 saturated heterocycles. The number of carbonyl (C=O) groups excluding carboxylic acids is 1. The molecule has 8 nitrogen and oxygen atoms in total. The van der Waals surface area contributed by atoms with Crippen LogP contribution in [0.1, 0.15) is 34.1 Å². The zero-order valence-corrected chi connectivity index (χ0v) is 21.4. The predicted molar refractivity (Wildman–Crippen MR) is 139 cm³/mol. The number of benzene rings is 2. The standard InChI is InChI=1S/C26H25ClN4O4S/c1-16-24-21(26(32)28-14-18-5-3-4-6-22(18)27)13-23(17-7-9-20(35-2)10-8-17)29-25(24)31(30-16)19-11-12-36(33,34)15-19/h3-10,13,19H,11-12,14-15H2,1-2H3,(H,28,32). The lowest BCUT2D eigenvalue weighted by Gasteiger charge is -2.13. The Morgan fingerprint density at radius 1 is 1.19 bits per heavy atom. The van der Waals surface area contributed by atoms with Crippen LogP contribution in [0.2, 0.25) is 5.02 Å². The maximum absolute atomic E-state index is 13.5. The smallest absolute Gasteiger partial charge is 0.252 e. The Bertz CT molecular complexity index is 1570. The number of sulfone groups is 1. The monoisotopic (exact) mass is 524 g/mol. The van der Waals surface area contributed by atoms with Gasteiger partial charge in [0.25, 0.3) is 5.91 Å². The van der Waals surface area contributed by atoms with Crippen LogP contribution in [-0.4, -0.2) is 47.7 Å². The first-order chi connectivity index (χ1) is 17.3. The lowest BCUT2D eigenvalue weighted by molar-refractivity contribution is 0.0952. The fourth-order valence-electron chi connectivity index (χ4n) is 4.54. The molecule has 0 radical (unpaired) electrons. The van der Waals surface area contributed by atoms with E-state index in [1.165, 1.54) is 0 Å². The van der Waals surface area contributed by atoms with Crippen LogP contribution < -0.4 is 10.1 Å². The van der Waals surface area contributed by atoms with Crippen molar-refractivity contribution in [3.8, 4) is 17.0 Å². The highest BCUT2D eigenvalue weighted by atomic mass is 35.5. The van der Waals surface area contributed by atoms with Gasteiger partial charge in [-0.15, -0.1) is 0 Å². The molecule has 0 saturated carbocycles. The molecule has 1 unspecified atom stereocenters. The molecule has 2 aromatic heterocycles. The maximum Gasteiger partial charge on any atom is 0.252 e. The number of pyridine rings is 1. The normalized spacial score (nSPS) is 16.8. The number of hydrogen-bond acceptors (Lipinski definition) is 6. The van der Waals surface area contributed by atoms with E-state index < -0.39 is 9.84 Å². The lowest BCUT2D eigenvalue weighted by atomic mass is 10.0. The summed E-state index contributed by atoms with van der Waals surface area (Å²) in [6.07, 6.45) is 0.459. The summed E-state index contributed by atoms with van der Waals surface area (Å²) in [5, 5.41) is 8.78. The maximum atomic E-state index is 13.5. The van der Waals surface area contributed by atoms with E-state index in [4.69, 9.17) is 21.3 Å². The largest absolute Gasteiger partial charge is 0.497 e. The highest BCUT2D eigenvalue weighted by Gasteiger charge is 2.32. The summed E-state index contributed by atoms with van der Waals surface area (Å²) in [5.74, 6) is 0.529. The molecule has 1 N–H and O–H groups in total. The van der Waals surface area contributed by atoms with Crippen molar-refractivity contribution in [2.75, 3.05) is 18.6 Å². The van der Waals surface area contributed by atoms with E-state index in [-0.39, 0.29) is 30.0 Å². The van der Waals surface area contributed by atoms with E-state index in [1.807, 2.05) is 49.4 Å². The molecule has 0 spiro atoms. The zero-order valence-electron chi connectivity index (χ0n) is 19.9. The summed E-state index contributed by atoms with van der Waals surface area (Å²) in [7, 11) is -1.54. The second-order valence-corrected chi connectivity index (χ2v) is 11.5. The fourth-order valence-corrected chi connectivity index (χ4v) is 6.43. The van der Waals surface area contributed by atoms with E-state index >= 15 is 0 Å². The summed E-state index contributed by atoms with van der Waals surface area (Å²) in [6.45, 7) is 2.07. The molecule has 2 aromatic carbocycles. The number of aryl methyl sites for hydroxylation is 1. The van der Waals surface area contributed by atoms with Gasteiger partial charge in [-0.05, 0) is 55.3 Å². The van der Waals surface area contributed by atoms with Gasteiger partial charge >= 0.3 is 0 Å². The third-order valence-corrected chi connectivity index (χ3v) is 8.54. The number of halogens is 1. The number of methoxy groups -OCH3 is 1. The Balaban J connectivity index is 1.61. The van der Waals surface area contributed by atoms with Crippen LogP contribution in [0.4, 0.5) is 0 Å². The highest BCUT2D eigenvalue weighted by molar-refractivity contribution is 7.91. The molecule has 0 aliphatic carbocycles. The van der Waals surface area contributed by atoms with Crippen molar-refractivity contribution in [1.82, 2.24) is 20.1 Å². The van der Waals surface area contributed by atoms with Gasteiger partial charge in [-0.2, -0.15) is 5.10 Å². The van der Waals surface area contributed by atoms with Gasteiger partial charge in [0.05, 0.1) is 47.0 Å². The predicted octanol–water partition coefficient (Wildman–Crippen LogP) is 4.36. The van der Waals surface area contributed by atoms with Crippen LogP contribution in [-0.2, 0) is 16.4 Å². The molecule has 186 valence electrons. The summed E-state index contributed by atoms with van der Waals surface area (Å²) in [4.78, 5) is 18.3. The topological polar surface area (TPSA) is 103 Å². The van der Waals surface area contributed by atoms with Crippen LogP contribution in [0.25, 0.3) is 22.3 Å². The third kappa shape index (κ3) is 4.68. The number of hydrogen-bond donors (Lipinski definition) is 1. The second kappa shape index (κ2) is 9.55. The summed E-state index contributed by atoms with van der Waals surface area (Å²) in [5.41, 5.74) is 3.70. The molecule has 1 fully saturated rings. The summed E-state index contributed by atoms with van der Waals surface area (Å²) < 4.78 is 31.3. The van der Waals surface area contributed by atoms with Crippen molar-refractivity contribution in [3.63, 3.8) is 0 Å². The molecule has 5 rings (SSSR count). The van der Waals surface area contributed by atoms with Gasteiger partial charge in [0.15, 0.2) is 15.5 Å². The van der Waals surface area contributed by atoms with Gasteiger partial charge in [0.1, 0.15) is 5.75 Å². The molecule has 36 heavy (non-hydrogen) atoms. The van der Waals surface area contributed by atoms with E-state index in [2.05, 4.69) is 10.4 Å². The van der Waals surface area contributed by atoms with Gasteiger partial charge < -0.3 is 10.1 Å². The molecule has 10 heteroatoms. The highest BCUT2D eigenvalue weighted by Crippen LogP contribution is 2.32. The molecule has 1 aliphatic heterocycles. The van der Waals surface area contributed by atoms with Crippen molar-refractivity contribution in [2.45, 2.75) is 25.9 Å². The minimum atomic E-state index is -3.14. The molecule has 1 atom stereocenters. The van der Waals surface area contributed by atoms with E-state index in [0.717, 1.165) is 11.1 Å². The number of nitrogens with one attached hydrogen (secondary N) is 1. The average molecular weight is 525 g/mol. The molecular weight excluding hydrogens is 500 g/mol. The zero-order chi connectivity index (χ0) is 25.4. The van der Waals surface area contributed by atoms with Crippen molar-refractivity contribution in [3.05, 3.63) is 76.4 Å². The Labute approximate surface area is 214 Å². The molecule has 0 bridgehead atoms. The van der Waals surface area contributed by atoms with Crippen LogP contribution in [0.3, 0.4) is 0 Å². The number of fused-ring (bicyclic) bond motifs is 1. The molecule has 1 amide bonds. The van der Waals surface area contributed by atoms with Crippen LogP contribution in [0.5, 0.6) is 5.75 Å². The number of amides is 1. The molecular formula is C26H25ClN4O4S. The molecule has 4 aromatic rings. The minimum absolute atomic E-state index is 0.00565. The molecule has 3 heterocycles. The van der Waals surface area contributed by atoms with Gasteiger partial charge in [-0.1, -0.05) is 29.8 Å². The Morgan fingerprint density at radius 3 is 2.61 bits per heavy atom. The van der Waals surface area contributed by atoms with Gasteiger partial charge in [-0.25, -0.2) is 18.1 Å². The number of rotatable bonds is 6. The van der Waals surface area contributed by atoms with Crippen molar-refractivity contribution >= 4 is 38.4 Å². The minimum Gasteiger partial charge on any atom is -0.497 e. The first-order valence-electron chi connectivity index (χ1n) is 11.5. The quantitative estimate of drug-likeness (QED) is 0.402. The first-order valence-corrected chi connectivity index (χ1v) is 13.7. The number of ether oxygens (including phenoxy) is 1. The van der Waals surface area contributed by atoms with Gasteiger partial charge in [-0.3, -0.25) is 4.79 Å². The summed E-state index contributed by atoms with van der Waals surface area (Å²) in [6, 6.07) is 16.1. The average Bonchev–Trinajstić information content (AvgIpc) is 3.41. The number of aromatic nitrogens is 3. The summed E-state index contributed by atoms with van der Waals surface area (Å²) >= 11 is 6.27. The lowest BCUT2D eigenvalue weighted by Crippen LogP contribution is -2.23. The Kier molecular flexibility index (Phi) is 6.44. The van der Waals surface area contributed by atoms with Crippen molar-refractivity contribution in [1.29, 1.82) is 0 Å².